The zero-order valence-corrected chi connectivity index (χ0v) is 17.5. The molecule has 0 aliphatic carbocycles. The van der Waals surface area contributed by atoms with Gasteiger partial charge in [-0.05, 0) is 43.5 Å². The lowest BCUT2D eigenvalue weighted by atomic mass is 9.82. The van der Waals surface area contributed by atoms with Gasteiger partial charge in [-0.1, -0.05) is 59.3 Å². The Bertz CT molecular complexity index is 642. The summed E-state index contributed by atoms with van der Waals surface area (Å²) in [6.45, 7) is 6.11. The predicted octanol–water partition coefficient (Wildman–Crippen LogP) is 5.56. The van der Waals surface area contributed by atoms with E-state index in [0.29, 0.717) is 30.8 Å². The third kappa shape index (κ3) is 6.99. The van der Waals surface area contributed by atoms with E-state index in [9.17, 15) is 9.59 Å². The molecule has 1 aromatic rings. The second-order valence-corrected chi connectivity index (χ2v) is 7.07. The third-order valence-corrected chi connectivity index (χ3v) is 5.16. The highest BCUT2D eigenvalue weighted by atomic mass is 16.6. The minimum absolute atomic E-state index is 0.314. The average molecular weight is 388 g/mol. The summed E-state index contributed by atoms with van der Waals surface area (Å²) in [4.78, 5) is 25.4. The molecule has 5 heteroatoms. The zero-order valence-electron chi connectivity index (χ0n) is 17.5. The fourth-order valence-corrected chi connectivity index (χ4v) is 3.08. The first-order valence-electron chi connectivity index (χ1n) is 10.4. The Labute approximate surface area is 169 Å². The van der Waals surface area contributed by atoms with Crippen molar-refractivity contribution in [3.05, 3.63) is 29.8 Å². The Kier molecular flexibility index (Phi) is 10.9. The van der Waals surface area contributed by atoms with Crippen LogP contribution in [0.3, 0.4) is 0 Å². The number of rotatable bonds is 13. The molecule has 0 spiro atoms. The summed E-state index contributed by atoms with van der Waals surface area (Å²) in [6, 6.07) is 8.26. The maximum absolute atomic E-state index is 12.7. The lowest BCUT2D eigenvalue weighted by Crippen LogP contribution is -2.42. The Morgan fingerprint density at radius 3 is 2.00 bits per heavy atom. The molecular formula is C23H33NO4. The van der Waals surface area contributed by atoms with Crippen molar-refractivity contribution < 1.29 is 19.1 Å². The lowest BCUT2D eigenvalue weighted by molar-refractivity contribution is -0.168. The highest BCUT2D eigenvalue weighted by Gasteiger charge is 2.46. The molecule has 0 aliphatic rings. The van der Waals surface area contributed by atoms with E-state index in [1.54, 1.807) is 38.1 Å². The smallest absolute Gasteiger partial charge is 0.328 e. The van der Waals surface area contributed by atoms with Gasteiger partial charge in [-0.3, -0.25) is 9.59 Å². The van der Waals surface area contributed by atoms with Crippen LogP contribution in [-0.4, -0.2) is 18.5 Å². The van der Waals surface area contributed by atoms with Crippen LogP contribution in [0.15, 0.2) is 24.3 Å². The second kappa shape index (κ2) is 12.9. The molecule has 0 radical (unpaired) electrons. The molecule has 28 heavy (non-hydrogen) atoms. The number of nitrogens with zero attached hydrogens (tertiary/aromatic N) is 1. The number of carbonyl (C=O) groups excluding carboxylic acids is 2. The largest absolute Gasteiger partial charge is 0.465 e. The van der Waals surface area contributed by atoms with Crippen molar-refractivity contribution in [1.29, 1.82) is 5.26 Å². The van der Waals surface area contributed by atoms with Crippen molar-refractivity contribution in [2.24, 2.45) is 5.41 Å². The van der Waals surface area contributed by atoms with Crippen LogP contribution in [0.5, 0.6) is 5.75 Å². The van der Waals surface area contributed by atoms with E-state index in [1.165, 1.54) is 25.7 Å². The fourth-order valence-electron chi connectivity index (χ4n) is 3.08. The summed E-state index contributed by atoms with van der Waals surface area (Å²) in [6.07, 6.45) is 8.58. The van der Waals surface area contributed by atoms with Crippen molar-refractivity contribution in [2.75, 3.05) is 6.61 Å². The molecule has 5 nitrogen and oxygen atoms in total. The fraction of sp³-hybridized carbons (Fsp3) is 0.609. The van der Waals surface area contributed by atoms with Gasteiger partial charge in [-0.2, -0.15) is 5.26 Å². The van der Waals surface area contributed by atoms with Crippen LogP contribution >= 0.6 is 0 Å². The van der Waals surface area contributed by atoms with Gasteiger partial charge >= 0.3 is 11.9 Å². The number of nitriles is 1. The third-order valence-electron chi connectivity index (χ3n) is 5.16. The van der Waals surface area contributed by atoms with Crippen LogP contribution in [0.2, 0.25) is 0 Å². The number of benzene rings is 1. The van der Waals surface area contributed by atoms with E-state index < -0.39 is 17.4 Å². The van der Waals surface area contributed by atoms with E-state index in [1.807, 2.05) is 6.07 Å². The Balaban J connectivity index is 2.56. The van der Waals surface area contributed by atoms with Crippen LogP contribution in [0, 0.1) is 16.7 Å². The maximum atomic E-state index is 12.7. The Hall–Kier alpha value is -2.35. The highest BCUT2D eigenvalue weighted by molar-refractivity contribution is 6.00. The minimum atomic E-state index is -1.30. The second-order valence-electron chi connectivity index (χ2n) is 7.07. The molecule has 1 aromatic carbocycles. The molecule has 0 fully saturated rings. The van der Waals surface area contributed by atoms with Gasteiger partial charge in [0.25, 0.3) is 0 Å². The first kappa shape index (κ1) is 23.7. The van der Waals surface area contributed by atoms with Crippen molar-refractivity contribution in [1.82, 2.24) is 0 Å². The monoisotopic (exact) mass is 387 g/mol. The van der Waals surface area contributed by atoms with Crippen LogP contribution in [0.4, 0.5) is 0 Å². The molecule has 0 N–H and O–H groups in total. The molecule has 1 rings (SSSR count). The summed E-state index contributed by atoms with van der Waals surface area (Å²) in [5.74, 6) is -0.802. The van der Waals surface area contributed by atoms with Crippen molar-refractivity contribution in [2.45, 2.75) is 78.6 Å². The van der Waals surface area contributed by atoms with Gasteiger partial charge < -0.3 is 9.47 Å². The normalized spacial score (nSPS) is 10.9. The number of esters is 2. The molecule has 0 saturated carbocycles. The number of unbranched alkanes of at least 4 members (excludes halogenated alkanes) is 6. The van der Waals surface area contributed by atoms with Crippen LogP contribution in [0.25, 0.3) is 0 Å². The summed E-state index contributed by atoms with van der Waals surface area (Å²) in [5.41, 5.74) is -0.819. The Morgan fingerprint density at radius 1 is 0.893 bits per heavy atom. The number of hydrogen-bond acceptors (Lipinski definition) is 5. The van der Waals surface area contributed by atoms with Gasteiger partial charge in [-0.15, -0.1) is 0 Å². The van der Waals surface area contributed by atoms with Gasteiger partial charge in [0, 0.05) is 0 Å². The molecule has 0 atom stereocenters. The van der Waals surface area contributed by atoms with Crippen molar-refractivity contribution in [3.63, 3.8) is 0 Å². The molecule has 0 saturated heterocycles. The molecular weight excluding hydrogens is 354 g/mol. The first-order valence-corrected chi connectivity index (χ1v) is 10.4. The Morgan fingerprint density at radius 2 is 1.46 bits per heavy atom. The summed E-state index contributed by atoms with van der Waals surface area (Å²) < 4.78 is 10.8. The van der Waals surface area contributed by atoms with Gasteiger partial charge in [0.2, 0.25) is 0 Å². The highest BCUT2D eigenvalue weighted by Crippen LogP contribution is 2.31. The van der Waals surface area contributed by atoms with Crippen molar-refractivity contribution in [3.8, 4) is 11.8 Å². The standard InChI is InChI=1S/C23H33NO4/c1-4-7-8-9-10-11-12-17-27-21(25)23(5-2,6-3)22(26)28-20-15-13-19(18-24)14-16-20/h13-16H,4-12,17H2,1-3H3. The van der Waals surface area contributed by atoms with E-state index in [4.69, 9.17) is 14.7 Å². The van der Waals surface area contributed by atoms with Crippen LogP contribution in [-0.2, 0) is 14.3 Å². The van der Waals surface area contributed by atoms with Gasteiger partial charge in [0.05, 0.1) is 18.2 Å². The lowest BCUT2D eigenvalue weighted by Gasteiger charge is -2.26. The molecule has 0 aliphatic heterocycles. The predicted molar refractivity (Wildman–Crippen MR) is 109 cm³/mol. The summed E-state index contributed by atoms with van der Waals surface area (Å²) >= 11 is 0. The number of ether oxygens (including phenoxy) is 2. The van der Waals surface area contributed by atoms with E-state index in [-0.39, 0.29) is 0 Å². The number of carbonyl (C=O) groups is 2. The van der Waals surface area contributed by atoms with Crippen molar-refractivity contribution >= 4 is 11.9 Å². The molecule has 0 aromatic heterocycles. The first-order chi connectivity index (χ1) is 13.5. The summed E-state index contributed by atoms with van der Waals surface area (Å²) in [7, 11) is 0. The molecule has 0 heterocycles. The van der Waals surface area contributed by atoms with E-state index >= 15 is 0 Å². The van der Waals surface area contributed by atoms with Crippen LogP contribution in [0.1, 0.15) is 84.1 Å². The molecule has 0 unspecified atom stereocenters. The number of hydrogen-bond donors (Lipinski definition) is 0. The molecule has 154 valence electrons. The SMILES string of the molecule is CCCCCCCCCOC(=O)C(CC)(CC)C(=O)Oc1ccc(C#N)cc1. The van der Waals surface area contributed by atoms with Gasteiger partial charge in [0.1, 0.15) is 5.75 Å². The van der Waals surface area contributed by atoms with Crippen LogP contribution < -0.4 is 4.74 Å². The topological polar surface area (TPSA) is 76.4 Å². The van der Waals surface area contributed by atoms with E-state index in [0.717, 1.165) is 19.3 Å². The molecule has 0 bridgehead atoms. The minimum Gasteiger partial charge on any atom is -0.465 e. The zero-order chi connectivity index (χ0) is 20.8. The quantitative estimate of drug-likeness (QED) is 0.191. The van der Waals surface area contributed by atoms with Gasteiger partial charge in [-0.25, -0.2) is 0 Å². The molecule has 0 amide bonds. The average Bonchev–Trinajstić information content (AvgIpc) is 2.72. The van der Waals surface area contributed by atoms with Gasteiger partial charge in [0.15, 0.2) is 5.41 Å². The summed E-state index contributed by atoms with van der Waals surface area (Å²) in [5, 5.41) is 8.84. The van der Waals surface area contributed by atoms with E-state index in [2.05, 4.69) is 6.92 Å². The maximum Gasteiger partial charge on any atom is 0.328 e.